The van der Waals surface area contributed by atoms with E-state index in [2.05, 4.69) is 6.42 Å². The number of carboxylic acids is 1. The third-order valence-electron chi connectivity index (χ3n) is 0.945. The molecule has 0 aromatic heterocycles. The number of aliphatic carboxylic acids is 1. The van der Waals surface area contributed by atoms with E-state index in [1.54, 1.807) is 5.92 Å². The molecular formula is C6H8FNO2. The highest BCUT2D eigenvalue weighted by molar-refractivity contribution is 5.67. The Labute approximate surface area is 58.0 Å². The molecule has 3 nitrogen and oxygen atoms in total. The predicted octanol–water partition coefficient (Wildman–Crippen LogP) is -0.240. The summed E-state index contributed by atoms with van der Waals surface area (Å²) in [6.45, 7) is 0. The van der Waals surface area contributed by atoms with Gasteiger partial charge in [0.15, 0.2) is 6.17 Å². The number of terminal acetylenes is 1. The lowest BCUT2D eigenvalue weighted by atomic mass is 10.1. The van der Waals surface area contributed by atoms with Gasteiger partial charge in [-0.1, -0.05) is 5.92 Å². The molecule has 0 aromatic carbocycles. The zero-order valence-corrected chi connectivity index (χ0v) is 5.25. The third kappa shape index (κ3) is 3.05. The van der Waals surface area contributed by atoms with Crippen LogP contribution in [0.1, 0.15) is 6.42 Å². The molecule has 56 valence electrons. The van der Waals surface area contributed by atoms with Crippen molar-refractivity contribution in [3.8, 4) is 12.3 Å². The molecule has 0 heterocycles. The van der Waals surface area contributed by atoms with E-state index in [1.807, 2.05) is 0 Å². The van der Waals surface area contributed by atoms with Crippen molar-refractivity contribution in [1.29, 1.82) is 0 Å². The number of hydrogen-bond donors (Lipinski definition) is 2. The van der Waals surface area contributed by atoms with E-state index >= 15 is 0 Å². The SMILES string of the molecule is C#C[C@@H](F)[C@H](N)CC(=O)O. The molecule has 10 heavy (non-hydrogen) atoms. The van der Waals surface area contributed by atoms with Gasteiger partial charge in [-0.05, 0) is 0 Å². The van der Waals surface area contributed by atoms with Gasteiger partial charge in [-0.25, -0.2) is 4.39 Å². The van der Waals surface area contributed by atoms with Gasteiger partial charge in [0.1, 0.15) is 0 Å². The van der Waals surface area contributed by atoms with Crippen molar-refractivity contribution in [1.82, 2.24) is 0 Å². The predicted molar refractivity (Wildman–Crippen MR) is 34.0 cm³/mol. The molecule has 0 aliphatic carbocycles. The standard InChI is InChI=1S/C6H8FNO2/c1-2-4(7)5(8)3-6(9)10/h1,4-5H,3,8H2,(H,9,10)/t4-,5-/m1/s1. The molecule has 0 radical (unpaired) electrons. The molecule has 4 heteroatoms. The summed E-state index contributed by atoms with van der Waals surface area (Å²) < 4.78 is 12.3. The van der Waals surface area contributed by atoms with Crippen LogP contribution in [0.2, 0.25) is 0 Å². The van der Waals surface area contributed by atoms with Crippen LogP contribution in [0.5, 0.6) is 0 Å². The highest BCUT2D eigenvalue weighted by Gasteiger charge is 2.16. The zero-order chi connectivity index (χ0) is 8.15. The van der Waals surface area contributed by atoms with E-state index in [0.717, 1.165) is 0 Å². The van der Waals surface area contributed by atoms with E-state index in [9.17, 15) is 9.18 Å². The first-order valence-corrected chi connectivity index (χ1v) is 2.65. The Kier molecular flexibility index (Phi) is 3.44. The molecule has 0 bridgehead atoms. The topological polar surface area (TPSA) is 63.3 Å². The van der Waals surface area contributed by atoms with Crippen molar-refractivity contribution in [3.05, 3.63) is 0 Å². The van der Waals surface area contributed by atoms with Gasteiger partial charge in [0, 0.05) is 0 Å². The van der Waals surface area contributed by atoms with Crippen molar-refractivity contribution in [2.24, 2.45) is 5.73 Å². The van der Waals surface area contributed by atoms with Crippen LogP contribution in [-0.2, 0) is 4.79 Å². The van der Waals surface area contributed by atoms with Crippen LogP contribution >= 0.6 is 0 Å². The monoisotopic (exact) mass is 145 g/mol. The fourth-order valence-electron chi connectivity index (χ4n) is 0.429. The van der Waals surface area contributed by atoms with Crippen molar-refractivity contribution in [3.63, 3.8) is 0 Å². The Morgan fingerprint density at radius 2 is 2.40 bits per heavy atom. The van der Waals surface area contributed by atoms with Crippen molar-refractivity contribution < 1.29 is 14.3 Å². The maximum Gasteiger partial charge on any atom is 0.305 e. The first-order valence-electron chi connectivity index (χ1n) is 2.65. The highest BCUT2D eigenvalue weighted by atomic mass is 19.1. The van der Waals surface area contributed by atoms with Gasteiger partial charge < -0.3 is 10.8 Å². The Morgan fingerprint density at radius 1 is 1.90 bits per heavy atom. The Bertz CT molecular complexity index is 164. The fraction of sp³-hybridized carbons (Fsp3) is 0.500. The van der Waals surface area contributed by atoms with Gasteiger partial charge >= 0.3 is 5.97 Å². The number of halogens is 1. The summed E-state index contributed by atoms with van der Waals surface area (Å²) in [6.07, 6.45) is 2.54. The van der Waals surface area contributed by atoms with Crippen molar-refractivity contribution in [2.75, 3.05) is 0 Å². The average molecular weight is 145 g/mol. The van der Waals surface area contributed by atoms with E-state index < -0.39 is 24.6 Å². The number of nitrogens with two attached hydrogens (primary N) is 1. The van der Waals surface area contributed by atoms with Crippen molar-refractivity contribution >= 4 is 5.97 Å². The molecule has 0 saturated carbocycles. The highest BCUT2D eigenvalue weighted by Crippen LogP contribution is 1.98. The second-order valence-electron chi connectivity index (χ2n) is 1.83. The van der Waals surface area contributed by atoms with Crippen LogP contribution in [-0.4, -0.2) is 23.3 Å². The van der Waals surface area contributed by atoms with Crippen LogP contribution in [0, 0.1) is 12.3 Å². The molecule has 0 unspecified atom stereocenters. The molecule has 0 aromatic rings. The number of hydrogen-bond acceptors (Lipinski definition) is 2. The van der Waals surface area contributed by atoms with E-state index in [4.69, 9.17) is 10.8 Å². The molecule has 0 spiro atoms. The Morgan fingerprint density at radius 3 is 2.70 bits per heavy atom. The smallest absolute Gasteiger partial charge is 0.305 e. The zero-order valence-electron chi connectivity index (χ0n) is 5.25. The van der Waals surface area contributed by atoms with Gasteiger partial charge in [-0.2, -0.15) is 0 Å². The Hall–Kier alpha value is -1.08. The van der Waals surface area contributed by atoms with Gasteiger partial charge in [0.25, 0.3) is 0 Å². The summed E-state index contributed by atoms with van der Waals surface area (Å²) in [4.78, 5) is 9.91. The second-order valence-corrected chi connectivity index (χ2v) is 1.83. The molecular weight excluding hydrogens is 137 g/mol. The van der Waals surface area contributed by atoms with Crippen LogP contribution in [0.3, 0.4) is 0 Å². The molecule has 0 rings (SSSR count). The Balaban J connectivity index is 3.75. The number of rotatable bonds is 3. The molecule has 0 aliphatic rings. The van der Waals surface area contributed by atoms with Crippen LogP contribution in [0.4, 0.5) is 4.39 Å². The molecule has 0 fully saturated rings. The minimum absolute atomic E-state index is 0.439. The summed E-state index contributed by atoms with van der Waals surface area (Å²) >= 11 is 0. The van der Waals surface area contributed by atoms with E-state index in [1.165, 1.54) is 0 Å². The minimum Gasteiger partial charge on any atom is -0.481 e. The number of carbonyl (C=O) groups is 1. The van der Waals surface area contributed by atoms with E-state index in [-0.39, 0.29) is 0 Å². The number of carboxylic acid groups (broad SMARTS) is 1. The first-order chi connectivity index (χ1) is 4.57. The second kappa shape index (κ2) is 3.85. The fourth-order valence-corrected chi connectivity index (χ4v) is 0.429. The molecule has 3 N–H and O–H groups in total. The summed E-state index contributed by atoms with van der Waals surface area (Å²) in [6, 6.07) is -1.09. The number of alkyl halides is 1. The maximum absolute atomic E-state index is 12.3. The lowest BCUT2D eigenvalue weighted by Crippen LogP contribution is -2.32. The lowest BCUT2D eigenvalue weighted by Gasteiger charge is -2.07. The normalized spacial score (nSPS) is 15.3. The van der Waals surface area contributed by atoms with Crippen LogP contribution in [0.15, 0.2) is 0 Å². The lowest BCUT2D eigenvalue weighted by molar-refractivity contribution is -0.137. The first kappa shape index (κ1) is 8.92. The molecule has 0 saturated heterocycles. The third-order valence-corrected chi connectivity index (χ3v) is 0.945. The van der Waals surface area contributed by atoms with Crippen molar-refractivity contribution in [2.45, 2.75) is 18.6 Å². The van der Waals surface area contributed by atoms with E-state index in [0.29, 0.717) is 0 Å². The van der Waals surface area contributed by atoms with Gasteiger partial charge in [-0.3, -0.25) is 4.79 Å². The van der Waals surface area contributed by atoms with Crippen LogP contribution < -0.4 is 5.73 Å². The maximum atomic E-state index is 12.3. The molecule has 0 amide bonds. The summed E-state index contributed by atoms with van der Waals surface area (Å²) in [7, 11) is 0. The average Bonchev–Trinajstić information content (AvgIpc) is 1.85. The summed E-state index contributed by atoms with van der Waals surface area (Å²) in [5.74, 6) is 0.567. The van der Waals surface area contributed by atoms with Gasteiger partial charge in [0.2, 0.25) is 0 Å². The van der Waals surface area contributed by atoms with Gasteiger partial charge in [-0.15, -0.1) is 6.42 Å². The quantitative estimate of drug-likeness (QED) is 0.539. The summed E-state index contributed by atoms with van der Waals surface area (Å²) in [5, 5.41) is 8.11. The molecule has 0 aliphatic heterocycles. The van der Waals surface area contributed by atoms with Gasteiger partial charge in [0.05, 0.1) is 12.5 Å². The summed E-state index contributed by atoms with van der Waals surface area (Å²) in [5.41, 5.74) is 5.03. The minimum atomic E-state index is -1.67. The molecule has 2 atom stereocenters. The largest absolute Gasteiger partial charge is 0.481 e. The van der Waals surface area contributed by atoms with Crippen LogP contribution in [0.25, 0.3) is 0 Å².